The van der Waals surface area contributed by atoms with E-state index in [9.17, 15) is 4.79 Å². The van der Waals surface area contributed by atoms with Gasteiger partial charge in [0.05, 0.1) is 30.4 Å². The number of hydrogen-bond donors (Lipinski definition) is 0. The summed E-state index contributed by atoms with van der Waals surface area (Å²) in [5.41, 5.74) is 2.76. The molecule has 0 saturated heterocycles. The van der Waals surface area contributed by atoms with Crippen LogP contribution in [0.15, 0.2) is 54.7 Å². The van der Waals surface area contributed by atoms with E-state index in [1.54, 1.807) is 19.1 Å². The van der Waals surface area contributed by atoms with Crippen molar-refractivity contribution in [2.45, 2.75) is 13.0 Å². The van der Waals surface area contributed by atoms with Crippen molar-refractivity contribution in [3.05, 3.63) is 66.0 Å². The average molecular weight is 321 g/mol. The van der Waals surface area contributed by atoms with Crippen LogP contribution in [0.25, 0.3) is 11.0 Å². The Morgan fingerprint density at radius 3 is 2.50 bits per heavy atom. The van der Waals surface area contributed by atoms with Gasteiger partial charge in [-0.25, -0.2) is 4.98 Å². The zero-order chi connectivity index (χ0) is 17.1. The minimum absolute atomic E-state index is 0.151. The van der Waals surface area contributed by atoms with Gasteiger partial charge in [-0.05, 0) is 25.1 Å². The van der Waals surface area contributed by atoms with Gasteiger partial charge in [0.1, 0.15) is 11.4 Å². The topological polar surface area (TPSA) is 55.3 Å². The van der Waals surface area contributed by atoms with E-state index >= 15 is 0 Å². The van der Waals surface area contributed by atoms with Crippen LogP contribution in [-0.4, -0.2) is 34.9 Å². The Hall–Kier alpha value is -2.95. The lowest BCUT2D eigenvalue weighted by Gasteiger charge is -2.26. The number of benzene rings is 2. The Labute approximate surface area is 140 Å². The number of methoxy groups -OCH3 is 1. The van der Waals surface area contributed by atoms with Crippen molar-refractivity contribution in [1.29, 1.82) is 0 Å². The molecule has 1 unspecified atom stereocenters. The Morgan fingerprint density at radius 1 is 1.08 bits per heavy atom. The number of hydrogen-bond acceptors (Lipinski definition) is 4. The van der Waals surface area contributed by atoms with Crippen molar-refractivity contribution in [3.8, 4) is 5.75 Å². The van der Waals surface area contributed by atoms with E-state index in [0.717, 1.165) is 16.8 Å². The van der Waals surface area contributed by atoms with Gasteiger partial charge in [0.2, 0.25) is 0 Å². The molecule has 0 aliphatic rings. The minimum atomic E-state index is -0.174. The fourth-order valence-electron chi connectivity index (χ4n) is 2.64. The average Bonchev–Trinajstić information content (AvgIpc) is 2.65. The molecule has 0 saturated carbocycles. The quantitative estimate of drug-likeness (QED) is 0.738. The lowest BCUT2D eigenvalue weighted by molar-refractivity contribution is 0.0735. The van der Waals surface area contributed by atoms with Crippen molar-refractivity contribution < 1.29 is 9.53 Å². The van der Waals surface area contributed by atoms with Gasteiger partial charge >= 0.3 is 0 Å². The number of ether oxygens (including phenoxy) is 1. The van der Waals surface area contributed by atoms with E-state index in [1.165, 1.54) is 6.20 Å². The Balaban J connectivity index is 1.90. The molecule has 122 valence electrons. The molecule has 5 heteroatoms. The van der Waals surface area contributed by atoms with Gasteiger partial charge in [-0.1, -0.05) is 30.3 Å². The first-order valence-corrected chi connectivity index (χ1v) is 7.73. The SMILES string of the molecule is COc1ccccc1C(C)N(C)C(=O)c1cnc2ccccc2n1. The van der Waals surface area contributed by atoms with Crippen LogP contribution >= 0.6 is 0 Å². The van der Waals surface area contributed by atoms with Crippen molar-refractivity contribution >= 4 is 16.9 Å². The molecule has 0 bridgehead atoms. The maximum atomic E-state index is 12.8. The van der Waals surface area contributed by atoms with E-state index in [-0.39, 0.29) is 11.9 Å². The van der Waals surface area contributed by atoms with Gasteiger partial charge in [-0.2, -0.15) is 0 Å². The molecule has 1 aromatic heterocycles. The van der Waals surface area contributed by atoms with E-state index in [2.05, 4.69) is 9.97 Å². The Kier molecular flexibility index (Phi) is 4.42. The molecule has 0 aliphatic carbocycles. The van der Waals surface area contributed by atoms with Crippen LogP contribution < -0.4 is 4.74 Å². The van der Waals surface area contributed by atoms with Crippen LogP contribution in [-0.2, 0) is 0 Å². The highest BCUT2D eigenvalue weighted by atomic mass is 16.5. The van der Waals surface area contributed by atoms with Crippen LogP contribution in [0.1, 0.15) is 29.0 Å². The number of amides is 1. The smallest absolute Gasteiger partial charge is 0.274 e. The number of carbonyl (C=O) groups is 1. The molecule has 0 fully saturated rings. The number of para-hydroxylation sites is 3. The summed E-state index contributed by atoms with van der Waals surface area (Å²) < 4.78 is 5.39. The van der Waals surface area contributed by atoms with Crippen molar-refractivity contribution in [1.82, 2.24) is 14.9 Å². The molecular formula is C19H19N3O2. The van der Waals surface area contributed by atoms with Gasteiger partial charge in [0.25, 0.3) is 5.91 Å². The molecule has 1 heterocycles. The minimum Gasteiger partial charge on any atom is -0.496 e. The van der Waals surface area contributed by atoms with Gasteiger partial charge in [-0.3, -0.25) is 9.78 Å². The summed E-state index contributed by atoms with van der Waals surface area (Å²) in [6.07, 6.45) is 1.52. The lowest BCUT2D eigenvalue weighted by Crippen LogP contribution is -2.30. The van der Waals surface area contributed by atoms with Crippen LogP contribution in [0.5, 0.6) is 5.75 Å². The Morgan fingerprint density at radius 2 is 1.75 bits per heavy atom. The number of rotatable bonds is 4. The molecule has 1 atom stereocenters. The fourth-order valence-corrected chi connectivity index (χ4v) is 2.64. The maximum absolute atomic E-state index is 12.8. The second-order valence-corrected chi connectivity index (χ2v) is 5.58. The third kappa shape index (κ3) is 2.93. The zero-order valence-electron chi connectivity index (χ0n) is 13.9. The van der Waals surface area contributed by atoms with Gasteiger partial charge in [0.15, 0.2) is 0 Å². The Bertz CT molecular complexity index is 879. The molecular weight excluding hydrogens is 302 g/mol. The molecule has 3 rings (SSSR count). The van der Waals surface area contributed by atoms with E-state index in [0.29, 0.717) is 11.2 Å². The molecule has 0 radical (unpaired) electrons. The summed E-state index contributed by atoms with van der Waals surface area (Å²) in [6, 6.07) is 15.0. The molecule has 5 nitrogen and oxygen atoms in total. The highest BCUT2D eigenvalue weighted by molar-refractivity contribution is 5.93. The van der Waals surface area contributed by atoms with Crippen molar-refractivity contribution in [3.63, 3.8) is 0 Å². The number of aromatic nitrogens is 2. The summed E-state index contributed by atoms with van der Waals surface area (Å²) in [5, 5.41) is 0. The highest BCUT2D eigenvalue weighted by Crippen LogP contribution is 2.28. The second-order valence-electron chi connectivity index (χ2n) is 5.58. The molecule has 0 spiro atoms. The molecule has 3 aromatic rings. The number of carbonyl (C=O) groups excluding carboxylic acids is 1. The second kappa shape index (κ2) is 6.66. The third-order valence-electron chi connectivity index (χ3n) is 4.16. The third-order valence-corrected chi connectivity index (χ3v) is 4.16. The van der Waals surface area contributed by atoms with Crippen molar-refractivity contribution in [2.75, 3.05) is 14.2 Å². The standard InChI is InChI=1S/C19H19N3O2/c1-13(14-8-4-7-11-18(14)24-3)22(2)19(23)17-12-20-15-9-5-6-10-16(15)21-17/h4-13H,1-3H3. The normalized spacial score (nSPS) is 12.0. The summed E-state index contributed by atoms with van der Waals surface area (Å²) in [7, 11) is 3.39. The summed E-state index contributed by atoms with van der Waals surface area (Å²) in [6.45, 7) is 1.96. The van der Waals surface area contributed by atoms with E-state index in [4.69, 9.17) is 4.74 Å². The summed E-state index contributed by atoms with van der Waals surface area (Å²) >= 11 is 0. The van der Waals surface area contributed by atoms with E-state index < -0.39 is 0 Å². The molecule has 2 aromatic carbocycles. The predicted molar refractivity (Wildman–Crippen MR) is 93.0 cm³/mol. The fraction of sp³-hybridized carbons (Fsp3) is 0.211. The predicted octanol–water partition coefficient (Wildman–Crippen LogP) is 3.47. The maximum Gasteiger partial charge on any atom is 0.274 e. The first-order chi connectivity index (χ1) is 11.6. The largest absolute Gasteiger partial charge is 0.496 e. The van der Waals surface area contributed by atoms with E-state index in [1.807, 2.05) is 55.5 Å². The summed E-state index contributed by atoms with van der Waals surface area (Å²) in [5.74, 6) is 0.584. The summed E-state index contributed by atoms with van der Waals surface area (Å²) in [4.78, 5) is 23.2. The molecule has 24 heavy (non-hydrogen) atoms. The lowest BCUT2D eigenvalue weighted by atomic mass is 10.1. The van der Waals surface area contributed by atoms with Gasteiger partial charge < -0.3 is 9.64 Å². The molecule has 0 aliphatic heterocycles. The molecule has 0 N–H and O–H groups in total. The van der Waals surface area contributed by atoms with Crippen LogP contribution in [0.4, 0.5) is 0 Å². The molecule has 1 amide bonds. The number of nitrogens with zero attached hydrogens (tertiary/aromatic N) is 3. The first-order valence-electron chi connectivity index (χ1n) is 7.73. The van der Waals surface area contributed by atoms with Crippen LogP contribution in [0.3, 0.4) is 0 Å². The van der Waals surface area contributed by atoms with Crippen LogP contribution in [0.2, 0.25) is 0 Å². The first kappa shape index (κ1) is 15.9. The van der Waals surface area contributed by atoms with Gasteiger partial charge in [0, 0.05) is 12.6 Å². The monoisotopic (exact) mass is 321 g/mol. The van der Waals surface area contributed by atoms with Crippen LogP contribution in [0, 0.1) is 0 Å². The highest BCUT2D eigenvalue weighted by Gasteiger charge is 2.22. The zero-order valence-corrected chi connectivity index (χ0v) is 13.9. The van der Waals surface area contributed by atoms with Gasteiger partial charge in [-0.15, -0.1) is 0 Å². The number of fused-ring (bicyclic) bond motifs is 1. The van der Waals surface area contributed by atoms with Crippen molar-refractivity contribution in [2.24, 2.45) is 0 Å².